The van der Waals surface area contributed by atoms with Crippen LogP contribution in [-0.4, -0.2) is 10.2 Å². The average molecular weight is 296 g/mol. The van der Waals surface area contributed by atoms with Crippen LogP contribution in [0.25, 0.3) is 0 Å². The van der Waals surface area contributed by atoms with Gasteiger partial charge in [-0.15, -0.1) is 5.10 Å². The van der Waals surface area contributed by atoms with Crippen LogP contribution in [0.5, 0.6) is 5.88 Å². The molecule has 6 nitrogen and oxygen atoms in total. The van der Waals surface area contributed by atoms with Crippen LogP contribution in [0, 0.1) is 11.3 Å². The highest BCUT2D eigenvalue weighted by Crippen LogP contribution is 2.46. The molecule has 0 saturated heterocycles. The number of alkyl halides is 3. The van der Waals surface area contributed by atoms with E-state index >= 15 is 0 Å². The second-order valence-corrected chi connectivity index (χ2v) is 4.26. The van der Waals surface area contributed by atoms with E-state index in [9.17, 15) is 13.2 Å². The Morgan fingerprint density at radius 3 is 2.76 bits per heavy atom. The zero-order valence-corrected chi connectivity index (χ0v) is 10.2. The molecular formula is C12H7F3N4O2. The van der Waals surface area contributed by atoms with Crippen LogP contribution in [0.2, 0.25) is 0 Å². The van der Waals surface area contributed by atoms with Crippen LogP contribution in [0.1, 0.15) is 22.9 Å². The van der Waals surface area contributed by atoms with Crippen molar-refractivity contribution >= 4 is 0 Å². The molecule has 21 heavy (non-hydrogen) atoms. The number of ether oxygens (including phenoxy) is 1. The lowest BCUT2D eigenvalue weighted by Gasteiger charge is -2.22. The van der Waals surface area contributed by atoms with E-state index in [2.05, 4.69) is 5.10 Å². The van der Waals surface area contributed by atoms with Crippen molar-refractivity contribution in [2.75, 3.05) is 0 Å². The summed E-state index contributed by atoms with van der Waals surface area (Å²) in [5.74, 6) is -1.60. The molecule has 2 aromatic rings. The van der Waals surface area contributed by atoms with Crippen molar-refractivity contribution in [2.45, 2.75) is 12.1 Å². The SMILES string of the molecule is N#CC1=C(N)Oc2n[nH]c(C(F)(F)F)c2C1c1ccco1. The molecule has 0 spiro atoms. The van der Waals surface area contributed by atoms with Gasteiger partial charge in [0.05, 0.1) is 17.7 Å². The van der Waals surface area contributed by atoms with E-state index in [1.165, 1.54) is 18.4 Å². The fourth-order valence-corrected chi connectivity index (χ4v) is 2.20. The monoisotopic (exact) mass is 296 g/mol. The molecule has 3 N–H and O–H groups in total. The van der Waals surface area contributed by atoms with Crippen molar-refractivity contribution in [3.63, 3.8) is 0 Å². The Morgan fingerprint density at radius 1 is 1.43 bits per heavy atom. The summed E-state index contributed by atoms with van der Waals surface area (Å²) in [6.07, 6.45) is -3.38. The highest BCUT2D eigenvalue weighted by Gasteiger charge is 2.45. The second-order valence-electron chi connectivity index (χ2n) is 4.26. The predicted molar refractivity (Wildman–Crippen MR) is 61.6 cm³/mol. The van der Waals surface area contributed by atoms with Gasteiger partial charge in [-0.05, 0) is 12.1 Å². The van der Waals surface area contributed by atoms with Crippen molar-refractivity contribution in [2.24, 2.45) is 5.73 Å². The minimum atomic E-state index is -4.68. The third-order valence-corrected chi connectivity index (χ3v) is 3.05. The number of hydrogen-bond acceptors (Lipinski definition) is 5. The molecule has 1 atom stereocenters. The summed E-state index contributed by atoms with van der Waals surface area (Å²) >= 11 is 0. The molecule has 3 rings (SSSR count). The number of nitrogens with two attached hydrogens (primary N) is 1. The molecule has 0 aliphatic carbocycles. The molecule has 0 bridgehead atoms. The number of halogens is 3. The molecule has 2 aromatic heterocycles. The quantitative estimate of drug-likeness (QED) is 0.840. The number of furan rings is 1. The van der Waals surface area contributed by atoms with Crippen LogP contribution in [0.4, 0.5) is 13.2 Å². The van der Waals surface area contributed by atoms with Crippen LogP contribution < -0.4 is 10.5 Å². The predicted octanol–water partition coefficient (Wildman–Crippen LogP) is 2.24. The Labute approximate surface area is 115 Å². The summed E-state index contributed by atoms with van der Waals surface area (Å²) in [6, 6.07) is 4.72. The van der Waals surface area contributed by atoms with Crippen LogP contribution in [-0.2, 0) is 6.18 Å². The van der Waals surface area contributed by atoms with Gasteiger partial charge in [0.25, 0.3) is 0 Å². The highest BCUT2D eigenvalue weighted by molar-refractivity contribution is 5.53. The maximum Gasteiger partial charge on any atom is 0.433 e. The van der Waals surface area contributed by atoms with E-state index in [4.69, 9.17) is 20.1 Å². The van der Waals surface area contributed by atoms with E-state index in [0.717, 1.165) is 0 Å². The molecule has 108 valence electrons. The molecular weight excluding hydrogens is 289 g/mol. The average Bonchev–Trinajstić information content (AvgIpc) is 3.04. The van der Waals surface area contributed by atoms with Gasteiger partial charge in [0, 0.05) is 0 Å². The number of nitrogens with zero attached hydrogens (tertiary/aromatic N) is 2. The second kappa shape index (κ2) is 4.31. The Bertz CT molecular complexity index is 753. The highest BCUT2D eigenvalue weighted by atomic mass is 19.4. The Hall–Kier alpha value is -2.89. The van der Waals surface area contributed by atoms with Crippen molar-refractivity contribution in [1.82, 2.24) is 10.2 Å². The normalized spacial score (nSPS) is 18.1. The number of aromatic amines is 1. The smallest absolute Gasteiger partial charge is 0.433 e. The summed E-state index contributed by atoms with van der Waals surface area (Å²) in [5, 5.41) is 14.5. The van der Waals surface area contributed by atoms with Gasteiger partial charge in [-0.2, -0.15) is 18.4 Å². The van der Waals surface area contributed by atoms with Gasteiger partial charge in [-0.25, -0.2) is 0 Å². The van der Waals surface area contributed by atoms with Gasteiger partial charge in [0.2, 0.25) is 11.8 Å². The fourth-order valence-electron chi connectivity index (χ4n) is 2.20. The van der Waals surface area contributed by atoms with Crippen molar-refractivity contribution in [3.8, 4) is 11.9 Å². The zero-order valence-electron chi connectivity index (χ0n) is 10.2. The number of hydrogen-bond donors (Lipinski definition) is 2. The molecule has 1 unspecified atom stereocenters. The van der Waals surface area contributed by atoms with Crippen molar-refractivity contribution < 1.29 is 22.3 Å². The molecule has 0 radical (unpaired) electrons. The third kappa shape index (κ3) is 1.92. The van der Waals surface area contributed by atoms with Crippen LogP contribution >= 0.6 is 0 Å². The van der Waals surface area contributed by atoms with Gasteiger partial charge >= 0.3 is 6.18 Å². The Balaban J connectivity index is 2.26. The minimum absolute atomic E-state index is 0.144. The molecule has 3 heterocycles. The molecule has 0 amide bonds. The minimum Gasteiger partial charge on any atom is -0.468 e. The van der Waals surface area contributed by atoms with Crippen molar-refractivity contribution in [1.29, 1.82) is 5.26 Å². The molecule has 0 saturated carbocycles. The van der Waals surface area contributed by atoms with Gasteiger partial charge in [0.15, 0.2) is 0 Å². The first-order valence-electron chi connectivity index (χ1n) is 5.70. The molecule has 0 aromatic carbocycles. The lowest BCUT2D eigenvalue weighted by atomic mass is 9.88. The summed E-state index contributed by atoms with van der Waals surface area (Å²) in [5.41, 5.74) is 4.00. The van der Waals surface area contributed by atoms with E-state index in [-0.39, 0.29) is 28.7 Å². The molecule has 1 aliphatic rings. The standard InChI is InChI=1S/C12H7F3N4O2/c13-12(14,15)9-8-7(6-2-1-3-20-6)5(4-16)10(17)21-11(8)19-18-9/h1-3,7H,17H2,(H,18,19). The fraction of sp³-hybridized carbons (Fsp3) is 0.167. The van der Waals surface area contributed by atoms with Crippen molar-refractivity contribution in [3.05, 3.63) is 46.9 Å². The zero-order chi connectivity index (χ0) is 15.2. The first-order valence-corrected chi connectivity index (χ1v) is 5.70. The lowest BCUT2D eigenvalue weighted by molar-refractivity contribution is -0.141. The van der Waals surface area contributed by atoms with E-state index in [0.29, 0.717) is 0 Å². The van der Waals surface area contributed by atoms with Crippen LogP contribution in [0.15, 0.2) is 34.3 Å². The first-order chi connectivity index (χ1) is 9.93. The van der Waals surface area contributed by atoms with Gasteiger partial charge in [0.1, 0.15) is 23.1 Å². The number of nitriles is 1. The summed E-state index contributed by atoms with van der Waals surface area (Å²) in [7, 11) is 0. The Morgan fingerprint density at radius 2 is 2.19 bits per heavy atom. The number of rotatable bonds is 1. The largest absolute Gasteiger partial charge is 0.468 e. The number of aromatic nitrogens is 2. The number of fused-ring (bicyclic) bond motifs is 1. The number of nitrogens with one attached hydrogen (secondary N) is 1. The van der Waals surface area contributed by atoms with Crippen LogP contribution in [0.3, 0.4) is 0 Å². The lowest BCUT2D eigenvalue weighted by Crippen LogP contribution is -2.22. The molecule has 9 heteroatoms. The molecule has 1 aliphatic heterocycles. The third-order valence-electron chi connectivity index (χ3n) is 3.05. The molecule has 0 fully saturated rings. The van der Waals surface area contributed by atoms with Gasteiger partial charge in [-0.3, -0.25) is 5.10 Å². The summed E-state index contributed by atoms with van der Waals surface area (Å²) in [6.45, 7) is 0. The number of H-pyrrole nitrogens is 1. The van der Waals surface area contributed by atoms with Gasteiger partial charge in [-0.1, -0.05) is 0 Å². The first kappa shape index (κ1) is 13.1. The summed E-state index contributed by atoms with van der Waals surface area (Å²) < 4.78 is 49.3. The number of allylic oxidation sites excluding steroid dienone is 1. The van der Waals surface area contributed by atoms with Gasteiger partial charge < -0.3 is 14.9 Å². The summed E-state index contributed by atoms with van der Waals surface area (Å²) in [4.78, 5) is 0. The van der Waals surface area contributed by atoms with E-state index < -0.39 is 17.8 Å². The Kier molecular flexibility index (Phi) is 2.69. The van der Waals surface area contributed by atoms with E-state index in [1.807, 2.05) is 5.10 Å². The maximum absolute atomic E-state index is 13.1. The maximum atomic E-state index is 13.1. The topological polar surface area (TPSA) is 101 Å². The van der Waals surface area contributed by atoms with E-state index in [1.54, 1.807) is 6.07 Å².